The zero-order chi connectivity index (χ0) is 18.7. The molecule has 0 aliphatic carbocycles. The molecule has 1 aliphatic heterocycles. The predicted octanol–water partition coefficient (Wildman–Crippen LogP) is 4.85. The van der Waals surface area contributed by atoms with Gasteiger partial charge in [0.05, 0.1) is 22.0 Å². The Bertz CT molecular complexity index is 907. The van der Waals surface area contributed by atoms with Crippen molar-refractivity contribution in [2.24, 2.45) is 5.16 Å². The standard InChI is InChI=1S/C19H15ClINO4/c1-11-15(19(23)26-22-11)7-13-8-16(21)18(17(9-13)24-2)25-10-12-3-5-14(20)6-4-12/h3-9H,10H2,1-2H3/b15-7+. The van der Waals surface area contributed by atoms with Crippen molar-refractivity contribution < 1.29 is 19.1 Å². The Labute approximate surface area is 169 Å². The molecule has 5 nitrogen and oxygen atoms in total. The summed E-state index contributed by atoms with van der Waals surface area (Å²) in [6.07, 6.45) is 1.72. The zero-order valence-electron chi connectivity index (χ0n) is 14.1. The van der Waals surface area contributed by atoms with Gasteiger partial charge in [-0.2, -0.15) is 0 Å². The van der Waals surface area contributed by atoms with Crippen LogP contribution in [0.25, 0.3) is 6.08 Å². The highest BCUT2D eigenvalue weighted by Crippen LogP contribution is 2.35. The molecule has 0 saturated carbocycles. The molecule has 0 bridgehead atoms. The molecule has 3 rings (SSSR count). The number of benzene rings is 2. The topological polar surface area (TPSA) is 57.1 Å². The van der Waals surface area contributed by atoms with Gasteiger partial charge in [0.1, 0.15) is 6.61 Å². The number of rotatable bonds is 5. The second-order valence-corrected chi connectivity index (χ2v) is 7.16. The van der Waals surface area contributed by atoms with Crippen molar-refractivity contribution in [3.05, 3.63) is 61.7 Å². The van der Waals surface area contributed by atoms with Crippen molar-refractivity contribution in [1.29, 1.82) is 0 Å². The second-order valence-electron chi connectivity index (χ2n) is 5.56. The Morgan fingerprint density at radius 3 is 2.62 bits per heavy atom. The first-order valence-electron chi connectivity index (χ1n) is 7.70. The van der Waals surface area contributed by atoms with E-state index in [0.29, 0.717) is 34.4 Å². The third-order valence-corrected chi connectivity index (χ3v) is 4.79. The Balaban J connectivity index is 1.85. The largest absolute Gasteiger partial charge is 0.493 e. The molecule has 0 N–H and O–H groups in total. The van der Waals surface area contributed by atoms with Crippen molar-refractivity contribution >= 4 is 51.9 Å². The summed E-state index contributed by atoms with van der Waals surface area (Å²) in [5, 5.41) is 4.36. The molecule has 0 radical (unpaired) electrons. The SMILES string of the molecule is COc1cc(/C=C2/C(=O)ON=C2C)cc(I)c1OCc1ccc(Cl)cc1. The van der Waals surface area contributed by atoms with Crippen molar-refractivity contribution in [2.45, 2.75) is 13.5 Å². The molecule has 0 saturated heterocycles. The van der Waals surface area contributed by atoms with Gasteiger partial charge < -0.3 is 14.3 Å². The van der Waals surface area contributed by atoms with Gasteiger partial charge in [-0.05, 0) is 71.0 Å². The van der Waals surface area contributed by atoms with Crippen LogP contribution in [0.4, 0.5) is 0 Å². The highest BCUT2D eigenvalue weighted by molar-refractivity contribution is 14.1. The molecular weight excluding hydrogens is 469 g/mol. The first kappa shape index (κ1) is 18.7. The van der Waals surface area contributed by atoms with Gasteiger partial charge in [-0.15, -0.1) is 0 Å². The fraction of sp³-hybridized carbons (Fsp3) is 0.158. The molecule has 0 spiro atoms. The van der Waals surface area contributed by atoms with E-state index in [9.17, 15) is 4.79 Å². The van der Waals surface area contributed by atoms with E-state index in [1.54, 1.807) is 20.1 Å². The highest BCUT2D eigenvalue weighted by atomic mass is 127. The van der Waals surface area contributed by atoms with Gasteiger partial charge in [0.15, 0.2) is 11.5 Å². The fourth-order valence-electron chi connectivity index (χ4n) is 2.39. The Morgan fingerprint density at radius 1 is 1.27 bits per heavy atom. The van der Waals surface area contributed by atoms with E-state index in [4.69, 9.17) is 21.1 Å². The molecule has 134 valence electrons. The molecule has 0 atom stereocenters. The van der Waals surface area contributed by atoms with E-state index in [2.05, 4.69) is 32.6 Å². The smallest absolute Gasteiger partial charge is 0.367 e. The summed E-state index contributed by atoms with van der Waals surface area (Å²) in [6.45, 7) is 2.12. The first-order chi connectivity index (χ1) is 12.5. The molecule has 0 fully saturated rings. The molecular formula is C19H15ClINO4. The molecule has 0 unspecified atom stereocenters. The minimum Gasteiger partial charge on any atom is -0.493 e. The quantitative estimate of drug-likeness (QED) is 0.347. The maximum absolute atomic E-state index is 11.7. The lowest BCUT2D eigenvalue weighted by Crippen LogP contribution is -2.03. The third kappa shape index (κ3) is 4.19. The lowest BCUT2D eigenvalue weighted by Gasteiger charge is -2.14. The minimum atomic E-state index is -0.459. The van der Waals surface area contributed by atoms with Crippen LogP contribution in [0, 0.1) is 3.57 Å². The van der Waals surface area contributed by atoms with Gasteiger partial charge in [0, 0.05) is 5.02 Å². The normalized spacial score (nSPS) is 15.0. The summed E-state index contributed by atoms with van der Waals surface area (Å²) < 4.78 is 12.3. The van der Waals surface area contributed by atoms with Crippen LogP contribution in [0.15, 0.2) is 47.1 Å². The Kier molecular flexibility index (Phi) is 5.83. The number of carbonyl (C=O) groups excluding carboxylic acids is 1. The van der Waals surface area contributed by atoms with Crippen LogP contribution in [0.3, 0.4) is 0 Å². The predicted molar refractivity (Wildman–Crippen MR) is 109 cm³/mol. The molecule has 2 aromatic rings. The molecule has 0 aromatic heterocycles. The van der Waals surface area contributed by atoms with Gasteiger partial charge in [0.2, 0.25) is 0 Å². The van der Waals surface area contributed by atoms with Crippen molar-refractivity contribution in [1.82, 2.24) is 0 Å². The van der Waals surface area contributed by atoms with E-state index in [0.717, 1.165) is 14.7 Å². The Hall–Kier alpha value is -2.06. The number of halogens is 2. The van der Waals surface area contributed by atoms with Crippen molar-refractivity contribution in [2.75, 3.05) is 7.11 Å². The van der Waals surface area contributed by atoms with Crippen LogP contribution >= 0.6 is 34.2 Å². The fourth-order valence-corrected chi connectivity index (χ4v) is 3.29. The summed E-state index contributed by atoms with van der Waals surface area (Å²) >= 11 is 8.08. The lowest BCUT2D eigenvalue weighted by atomic mass is 10.1. The summed E-state index contributed by atoms with van der Waals surface area (Å²) in [5.41, 5.74) is 2.78. The number of oxime groups is 1. The van der Waals surface area contributed by atoms with Gasteiger partial charge >= 0.3 is 5.97 Å². The number of hydrogen-bond donors (Lipinski definition) is 0. The van der Waals surface area contributed by atoms with Gasteiger partial charge in [-0.25, -0.2) is 4.79 Å². The van der Waals surface area contributed by atoms with Gasteiger partial charge in [0.25, 0.3) is 0 Å². The maximum atomic E-state index is 11.7. The molecule has 26 heavy (non-hydrogen) atoms. The number of nitrogens with zero attached hydrogens (tertiary/aromatic N) is 1. The Morgan fingerprint density at radius 2 is 2.00 bits per heavy atom. The van der Waals surface area contributed by atoms with Crippen LogP contribution < -0.4 is 9.47 Å². The van der Waals surface area contributed by atoms with E-state index in [-0.39, 0.29) is 0 Å². The van der Waals surface area contributed by atoms with Crippen LogP contribution in [0.2, 0.25) is 5.02 Å². The van der Waals surface area contributed by atoms with E-state index < -0.39 is 5.97 Å². The van der Waals surface area contributed by atoms with Crippen LogP contribution in [0.1, 0.15) is 18.1 Å². The zero-order valence-corrected chi connectivity index (χ0v) is 17.0. The van der Waals surface area contributed by atoms with Gasteiger partial charge in [-0.3, -0.25) is 0 Å². The first-order valence-corrected chi connectivity index (χ1v) is 9.16. The average molecular weight is 484 g/mol. The van der Waals surface area contributed by atoms with Gasteiger partial charge in [-0.1, -0.05) is 28.9 Å². The molecule has 0 amide bonds. The summed E-state index contributed by atoms with van der Waals surface area (Å²) in [4.78, 5) is 16.4. The number of methoxy groups -OCH3 is 1. The highest BCUT2D eigenvalue weighted by Gasteiger charge is 2.22. The number of ether oxygens (including phenoxy) is 2. The monoisotopic (exact) mass is 483 g/mol. The summed E-state index contributed by atoms with van der Waals surface area (Å²) in [5.74, 6) is 0.766. The number of hydrogen-bond acceptors (Lipinski definition) is 5. The third-order valence-electron chi connectivity index (χ3n) is 3.73. The molecule has 2 aromatic carbocycles. The maximum Gasteiger partial charge on any atom is 0.367 e. The van der Waals surface area contributed by atoms with Crippen LogP contribution in [-0.4, -0.2) is 18.8 Å². The van der Waals surface area contributed by atoms with E-state index >= 15 is 0 Å². The van der Waals surface area contributed by atoms with Crippen LogP contribution in [-0.2, 0) is 16.2 Å². The summed E-state index contributed by atoms with van der Waals surface area (Å²) in [7, 11) is 1.58. The van der Waals surface area contributed by atoms with E-state index in [1.807, 2.05) is 36.4 Å². The van der Waals surface area contributed by atoms with Crippen molar-refractivity contribution in [3.8, 4) is 11.5 Å². The van der Waals surface area contributed by atoms with E-state index in [1.165, 1.54) is 0 Å². The lowest BCUT2D eigenvalue weighted by molar-refractivity contribution is -0.136. The summed E-state index contributed by atoms with van der Waals surface area (Å²) in [6, 6.07) is 11.2. The average Bonchev–Trinajstić information content (AvgIpc) is 2.94. The number of carbonyl (C=O) groups is 1. The molecule has 1 aliphatic rings. The molecule has 7 heteroatoms. The molecule has 1 heterocycles. The van der Waals surface area contributed by atoms with Crippen LogP contribution in [0.5, 0.6) is 11.5 Å². The van der Waals surface area contributed by atoms with Crippen molar-refractivity contribution in [3.63, 3.8) is 0 Å². The second kappa shape index (κ2) is 8.09. The minimum absolute atomic E-state index is 0.391.